The van der Waals surface area contributed by atoms with E-state index in [1.54, 1.807) is 7.11 Å². The minimum absolute atomic E-state index is 0.0672. The Morgan fingerprint density at radius 1 is 1.07 bits per heavy atom. The number of amides is 1. The summed E-state index contributed by atoms with van der Waals surface area (Å²) in [4.78, 5) is 12.5. The fraction of sp³-hybridized carbons (Fsp3) is 0.458. The van der Waals surface area contributed by atoms with E-state index in [0.717, 1.165) is 29.9 Å². The minimum atomic E-state index is -0.480. The van der Waals surface area contributed by atoms with Crippen molar-refractivity contribution in [3.63, 3.8) is 0 Å². The molecule has 2 aromatic rings. The predicted octanol–water partition coefficient (Wildman–Crippen LogP) is 4.90. The van der Waals surface area contributed by atoms with Crippen LogP contribution in [0.1, 0.15) is 51.7 Å². The van der Waals surface area contributed by atoms with Gasteiger partial charge in [0.25, 0.3) is 5.91 Å². The maximum absolute atomic E-state index is 12.5. The van der Waals surface area contributed by atoms with Crippen LogP contribution < -0.4 is 14.8 Å². The van der Waals surface area contributed by atoms with E-state index in [-0.39, 0.29) is 11.3 Å². The Labute approximate surface area is 169 Å². The Morgan fingerprint density at radius 2 is 1.75 bits per heavy atom. The first-order valence-electron chi connectivity index (χ1n) is 10.0. The molecule has 2 rings (SSSR count). The summed E-state index contributed by atoms with van der Waals surface area (Å²) in [5.74, 6) is 1.55. The molecule has 2 aromatic carbocycles. The van der Waals surface area contributed by atoms with Crippen LogP contribution >= 0.6 is 0 Å². The normalized spacial score (nSPS) is 12.3. The fourth-order valence-electron chi connectivity index (χ4n) is 3.03. The lowest BCUT2D eigenvalue weighted by Gasteiger charge is -2.21. The van der Waals surface area contributed by atoms with E-state index in [9.17, 15) is 4.79 Å². The standard InChI is InChI=1S/C24H33NO3/c1-6-21(28-20-15-13-19(14-16-20)24(2,3)4)23(26)25-17-9-11-18-10-7-8-12-22(18)27-5/h7-8,10,12-16,21H,6,9,11,17H2,1-5H3,(H,25,26)/t21-/m1/s1. The summed E-state index contributed by atoms with van der Waals surface area (Å²) in [6.45, 7) is 9.10. The topological polar surface area (TPSA) is 47.6 Å². The molecular formula is C24H33NO3. The number of hydrogen-bond acceptors (Lipinski definition) is 3. The zero-order valence-corrected chi connectivity index (χ0v) is 17.7. The van der Waals surface area contributed by atoms with E-state index in [1.165, 1.54) is 5.56 Å². The number of methoxy groups -OCH3 is 1. The summed E-state index contributed by atoms with van der Waals surface area (Å²) >= 11 is 0. The molecule has 0 radical (unpaired) electrons. The molecule has 152 valence electrons. The highest BCUT2D eigenvalue weighted by molar-refractivity contribution is 5.81. The summed E-state index contributed by atoms with van der Waals surface area (Å²) in [5.41, 5.74) is 2.50. The van der Waals surface area contributed by atoms with Crippen LogP contribution in [0, 0.1) is 0 Å². The molecule has 0 aliphatic carbocycles. The van der Waals surface area contributed by atoms with Gasteiger partial charge >= 0.3 is 0 Å². The third kappa shape index (κ3) is 6.29. The van der Waals surface area contributed by atoms with Crippen LogP contribution in [0.5, 0.6) is 11.5 Å². The van der Waals surface area contributed by atoms with Gasteiger partial charge < -0.3 is 14.8 Å². The molecule has 0 saturated carbocycles. The van der Waals surface area contributed by atoms with Gasteiger partial charge in [-0.15, -0.1) is 0 Å². The lowest BCUT2D eigenvalue weighted by molar-refractivity contribution is -0.128. The Kier molecular flexibility index (Phi) is 7.91. The van der Waals surface area contributed by atoms with Crippen molar-refractivity contribution < 1.29 is 14.3 Å². The quantitative estimate of drug-likeness (QED) is 0.627. The average Bonchev–Trinajstić information content (AvgIpc) is 2.69. The highest BCUT2D eigenvalue weighted by Crippen LogP contribution is 2.25. The van der Waals surface area contributed by atoms with Crippen molar-refractivity contribution >= 4 is 5.91 Å². The monoisotopic (exact) mass is 383 g/mol. The minimum Gasteiger partial charge on any atom is -0.496 e. The van der Waals surface area contributed by atoms with E-state index in [0.29, 0.717) is 13.0 Å². The van der Waals surface area contributed by atoms with Gasteiger partial charge in [0.15, 0.2) is 6.10 Å². The van der Waals surface area contributed by atoms with Crippen LogP contribution in [-0.4, -0.2) is 25.7 Å². The van der Waals surface area contributed by atoms with Crippen LogP contribution in [0.4, 0.5) is 0 Å². The van der Waals surface area contributed by atoms with Crippen molar-refractivity contribution in [1.29, 1.82) is 0 Å². The Balaban J connectivity index is 1.83. The molecule has 0 aliphatic rings. The number of para-hydroxylation sites is 1. The van der Waals surface area contributed by atoms with Crippen LogP contribution in [0.3, 0.4) is 0 Å². The number of ether oxygens (including phenoxy) is 2. The summed E-state index contributed by atoms with van der Waals surface area (Å²) in [6.07, 6.45) is 1.85. The van der Waals surface area contributed by atoms with Crippen molar-refractivity contribution in [2.75, 3.05) is 13.7 Å². The third-order valence-electron chi connectivity index (χ3n) is 4.78. The maximum atomic E-state index is 12.5. The molecular weight excluding hydrogens is 350 g/mol. The first-order valence-corrected chi connectivity index (χ1v) is 10.0. The summed E-state index contributed by atoms with van der Waals surface area (Å²) in [5, 5.41) is 2.99. The Bertz CT molecular complexity index is 747. The number of hydrogen-bond donors (Lipinski definition) is 1. The average molecular weight is 384 g/mol. The van der Waals surface area contributed by atoms with Crippen molar-refractivity contribution in [1.82, 2.24) is 5.32 Å². The molecule has 0 saturated heterocycles. The van der Waals surface area contributed by atoms with Gasteiger partial charge in [-0.25, -0.2) is 0 Å². The molecule has 28 heavy (non-hydrogen) atoms. The molecule has 4 nitrogen and oxygen atoms in total. The Hall–Kier alpha value is -2.49. The van der Waals surface area contributed by atoms with Gasteiger partial charge in [-0.3, -0.25) is 4.79 Å². The first-order chi connectivity index (χ1) is 13.3. The number of rotatable bonds is 9. The maximum Gasteiger partial charge on any atom is 0.261 e. The summed E-state index contributed by atoms with van der Waals surface area (Å²) in [7, 11) is 1.68. The molecule has 0 bridgehead atoms. The second kappa shape index (κ2) is 10.2. The molecule has 0 aliphatic heterocycles. The van der Waals surface area contributed by atoms with Crippen molar-refractivity contribution in [2.24, 2.45) is 0 Å². The van der Waals surface area contributed by atoms with Gasteiger partial charge in [-0.2, -0.15) is 0 Å². The molecule has 0 heterocycles. The van der Waals surface area contributed by atoms with Crippen molar-refractivity contribution in [2.45, 2.75) is 58.5 Å². The smallest absolute Gasteiger partial charge is 0.261 e. The highest BCUT2D eigenvalue weighted by atomic mass is 16.5. The van der Waals surface area contributed by atoms with Crippen LogP contribution in [-0.2, 0) is 16.6 Å². The van der Waals surface area contributed by atoms with E-state index in [1.807, 2.05) is 37.3 Å². The first kappa shape index (κ1) is 21.8. The van der Waals surface area contributed by atoms with Gasteiger partial charge in [-0.05, 0) is 54.0 Å². The molecule has 1 N–H and O–H groups in total. The third-order valence-corrected chi connectivity index (χ3v) is 4.78. The largest absolute Gasteiger partial charge is 0.496 e. The molecule has 4 heteroatoms. The van der Waals surface area contributed by atoms with Gasteiger partial charge in [0.2, 0.25) is 0 Å². The van der Waals surface area contributed by atoms with Crippen LogP contribution in [0.15, 0.2) is 48.5 Å². The van der Waals surface area contributed by atoms with E-state index in [4.69, 9.17) is 9.47 Å². The number of carbonyl (C=O) groups excluding carboxylic acids is 1. The highest BCUT2D eigenvalue weighted by Gasteiger charge is 2.19. The lowest BCUT2D eigenvalue weighted by Crippen LogP contribution is -2.38. The van der Waals surface area contributed by atoms with E-state index in [2.05, 4.69) is 44.3 Å². The van der Waals surface area contributed by atoms with Gasteiger partial charge in [0, 0.05) is 6.54 Å². The van der Waals surface area contributed by atoms with Crippen LogP contribution in [0.25, 0.3) is 0 Å². The number of benzene rings is 2. The molecule has 1 atom stereocenters. The Morgan fingerprint density at radius 3 is 2.36 bits per heavy atom. The van der Waals surface area contributed by atoms with Gasteiger partial charge in [0.05, 0.1) is 7.11 Å². The molecule has 1 amide bonds. The SMILES string of the molecule is CC[C@@H](Oc1ccc(C(C)(C)C)cc1)C(=O)NCCCc1ccccc1OC. The van der Waals surface area contributed by atoms with Crippen molar-refractivity contribution in [3.8, 4) is 11.5 Å². The van der Waals surface area contributed by atoms with E-state index < -0.39 is 6.10 Å². The lowest BCUT2D eigenvalue weighted by atomic mass is 9.87. The van der Waals surface area contributed by atoms with Gasteiger partial charge in [-0.1, -0.05) is 58.0 Å². The number of aryl methyl sites for hydroxylation is 1. The van der Waals surface area contributed by atoms with Gasteiger partial charge in [0.1, 0.15) is 11.5 Å². The summed E-state index contributed by atoms with van der Waals surface area (Å²) < 4.78 is 11.3. The molecule has 0 aromatic heterocycles. The van der Waals surface area contributed by atoms with Crippen LogP contribution in [0.2, 0.25) is 0 Å². The fourth-order valence-corrected chi connectivity index (χ4v) is 3.03. The number of carbonyl (C=O) groups is 1. The number of nitrogens with one attached hydrogen (secondary N) is 1. The molecule has 0 unspecified atom stereocenters. The predicted molar refractivity (Wildman–Crippen MR) is 114 cm³/mol. The molecule has 0 fully saturated rings. The summed E-state index contributed by atoms with van der Waals surface area (Å²) in [6, 6.07) is 16.0. The zero-order valence-electron chi connectivity index (χ0n) is 17.7. The second-order valence-corrected chi connectivity index (χ2v) is 8.00. The van der Waals surface area contributed by atoms with Crippen molar-refractivity contribution in [3.05, 3.63) is 59.7 Å². The zero-order chi connectivity index (χ0) is 20.6. The second-order valence-electron chi connectivity index (χ2n) is 8.00. The van der Waals surface area contributed by atoms with E-state index >= 15 is 0 Å². The molecule has 0 spiro atoms.